The maximum atomic E-state index is 5.84. The summed E-state index contributed by atoms with van der Waals surface area (Å²) in [4.78, 5) is 8.10. The highest BCUT2D eigenvalue weighted by Crippen LogP contribution is 2.34. The van der Waals surface area contributed by atoms with Crippen molar-refractivity contribution in [3.63, 3.8) is 0 Å². The van der Waals surface area contributed by atoms with E-state index in [9.17, 15) is 0 Å². The molecule has 1 aromatic carbocycles. The largest absolute Gasteiger partial charge is 0.437 e. The number of nitrogens with two attached hydrogens (primary N) is 1. The fourth-order valence-electron chi connectivity index (χ4n) is 1.86. The van der Waals surface area contributed by atoms with Crippen LogP contribution in [0.25, 0.3) is 0 Å². The average molecular weight is 257 g/mol. The zero-order valence-electron chi connectivity index (χ0n) is 11.8. The Morgan fingerprint density at radius 2 is 1.89 bits per heavy atom. The van der Waals surface area contributed by atoms with Gasteiger partial charge in [-0.1, -0.05) is 32.9 Å². The summed E-state index contributed by atoms with van der Waals surface area (Å²) in [6.45, 7) is 8.48. The minimum Gasteiger partial charge on any atom is -0.437 e. The predicted molar refractivity (Wildman–Crippen MR) is 76.4 cm³/mol. The molecule has 100 valence electrons. The van der Waals surface area contributed by atoms with Crippen molar-refractivity contribution in [3.05, 3.63) is 41.7 Å². The number of nitrogen functional groups attached to an aromatic ring is 1. The van der Waals surface area contributed by atoms with E-state index in [4.69, 9.17) is 10.5 Å². The summed E-state index contributed by atoms with van der Waals surface area (Å²) < 4.78 is 5.84. The van der Waals surface area contributed by atoms with Crippen molar-refractivity contribution >= 4 is 5.82 Å². The molecule has 0 saturated heterocycles. The topological polar surface area (TPSA) is 61.0 Å². The van der Waals surface area contributed by atoms with Gasteiger partial charge in [0.15, 0.2) is 0 Å². The maximum Gasteiger partial charge on any atom is 0.239 e. The molecule has 1 heterocycles. The van der Waals surface area contributed by atoms with Crippen molar-refractivity contribution in [2.45, 2.75) is 33.1 Å². The number of rotatable bonds is 2. The Morgan fingerprint density at radius 3 is 2.53 bits per heavy atom. The monoisotopic (exact) mass is 257 g/mol. The van der Waals surface area contributed by atoms with Gasteiger partial charge in [0.05, 0.1) is 12.4 Å². The molecule has 4 nitrogen and oxygen atoms in total. The third-order valence-corrected chi connectivity index (χ3v) is 2.79. The van der Waals surface area contributed by atoms with Crippen LogP contribution in [0.3, 0.4) is 0 Å². The lowest BCUT2D eigenvalue weighted by Gasteiger charge is -2.22. The molecule has 0 aliphatic carbocycles. The van der Waals surface area contributed by atoms with E-state index in [1.165, 1.54) is 6.20 Å². The highest BCUT2D eigenvalue weighted by Gasteiger charge is 2.19. The fourth-order valence-corrected chi connectivity index (χ4v) is 1.86. The van der Waals surface area contributed by atoms with Crippen LogP contribution in [0.4, 0.5) is 5.82 Å². The summed E-state index contributed by atoms with van der Waals surface area (Å²) in [6, 6.07) is 6.17. The number of aromatic nitrogens is 2. The van der Waals surface area contributed by atoms with E-state index >= 15 is 0 Å². The standard InChI is InChI=1S/C15H19N3O/c1-10-5-6-11(15(2,3)4)12(7-10)19-14-9-17-8-13(16)18-14/h5-9H,1-4H3,(H2,16,18). The second-order valence-electron chi connectivity index (χ2n) is 5.63. The lowest BCUT2D eigenvalue weighted by molar-refractivity contribution is 0.438. The van der Waals surface area contributed by atoms with Gasteiger partial charge in [0.1, 0.15) is 11.6 Å². The molecule has 0 fully saturated rings. The van der Waals surface area contributed by atoms with E-state index in [1.54, 1.807) is 6.20 Å². The van der Waals surface area contributed by atoms with Gasteiger partial charge in [-0.2, -0.15) is 4.98 Å². The summed E-state index contributed by atoms with van der Waals surface area (Å²) in [7, 11) is 0. The van der Waals surface area contributed by atoms with Gasteiger partial charge in [0, 0.05) is 5.56 Å². The van der Waals surface area contributed by atoms with Crippen LogP contribution in [-0.4, -0.2) is 9.97 Å². The highest BCUT2D eigenvalue weighted by molar-refractivity contribution is 5.43. The molecule has 4 heteroatoms. The first-order valence-electron chi connectivity index (χ1n) is 6.23. The molecule has 2 rings (SSSR count). The molecule has 0 aliphatic rings. The Hall–Kier alpha value is -2.10. The first-order chi connectivity index (χ1) is 8.86. The fraction of sp³-hybridized carbons (Fsp3) is 0.333. The second kappa shape index (κ2) is 4.88. The van der Waals surface area contributed by atoms with Crippen molar-refractivity contribution in [1.82, 2.24) is 9.97 Å². The van der Waals surface area contributed by atoms with E-state index in [0.29, 0.717) is 11.7 Å². The number of benzene rings is 1. The molecule has 0 radical (unpaired) electrons. The van der Waals surface area contributed by atoms with Crippen molar-refractivity contribution in [3.8, 4) is 11.6 Å². The van der Waals surface area contributed by atoms with E-state index in [-0.39, 0.29) is 5.41 Å². The summed E-state index contributed by atoms with van der Waals surface area (Å²) in [5.41, 5.74) is 7.88. The zero-order valence-corrected chi connectivity index (χ0v) is 11.8. The molecule has 19 heavy (non-hydrogen) atoms. The quantitative estimate of drug-likeness (QED) is 0.895. The Balaban J connectivity index is 2.41. The first kappa shape index (κ1) is 13.3. The van der Waals surface area contributed by atoms with Gasteiger partial charge in [0.2, 0.25) is 5.88 Å². The average Bonchev–Trinajstić information content (AvgIpc) is 2.27. The molecular weight excluding hydrogens is 238 g/mol. The van der Waals surface area contributed by atoms with E-state index in [0.717, 1.165) is 16.9 Å². The second-order valence-corrected chi connectivity index (χ2v) is 5.63. The van der Waals surface area contributed by atoms with Crippen LogP contribution in [0.1, 0.15) is 31.9 Å². The van der Waals surface area contributed by atoms with Gasteiger partial charge in [0.25, 0.3) is 0 Å². The summed E-state index contributed by atoms with van der Waals surface area (Å²) in [5.74, 6) is 1.56. The molecule has 1 aromatic heterocycles. The highest BCUT2D eigenvalue weighted by atomic mass is 16.5. The molecule has 0 unspecified atom stereocenters. The number of aryl methyl sites for hydroxylation is 1. The lowest BCUT2D eigenvalue weighted by Crippen LogP contribution is -2.12. The number of ether oxygens (including phenoxy) is 1. The van der Waals surface area contributed by atoms with Crippen molar-refractivity contribution in [2.75, 3.05) is 5.73 Å². The minimum atomic E-state index is -0.00319. The molecular formula is C15H19N3O. The minimum absolute atomic E-state index is 0.00319. The number of nitrogens with zero attached hydrogens (tertiary/aromatic N) is 2. The van der Waals surface area contributed by atoms with Crippen molar-refractivity contribution in [2.24, 2.45) is 0 Å². The Labute approximate surface area is 113 Å². The summed E-state index contributed by atoms with van der Waals surface area (Å²) >= 11 is 0. The Kier molecular flexibility index (Phi) is 3.42. The first-order valence-corrected chi connectivity index (χ1v) is 6.23. The lowest BCUT2D eigenvalue weighted by atomic mass is 9.86. The Morgan fingerprint density at radius 1 is 1.16 bits per heavy atom. The van der Waals surface area contributed by atoms with Crippen molar-refractivity contribution in [1.29, 1.82) is 0 Å². The zero-order chi connectivity index (χ0) is 14.0. The van der Waals surface area contributed by atoms with E-state index in [2.05, 4.69) is 42.9 Å². The van der Waals surface area contributed by atoms with E-state index < -0.39 is 0 Å². The smallest absolute Gasteiger partial charge is 0.239 e. The number of hydrogen-bond acceptors (Lipinski definition) is 4. The van der Waals surface area contributed by atoms with Crippen LogP contribution in [-0.2, 0) is 5.41 Å². The third kappa shape index (κ3) is 3.22. The normalized spacial score (nSPS) is 11.4. The summed E-state index contributed by atoms with van der Waals surface area (Å²) in [6.07, 6.45) is 3.05. The van der Waals surface area contributed by atoms with Crippen LogP contribution >= 0.6 is 0 Å². The molecule has 2 aromatic rings. The molecule has 0 atom stereocenters. The van der Waals surface area contributed by atoms with Crippen LogP contribution in [0.15, 0.2) is 30.6 Å². The van der Waals surface area contributed by atoms with Crippen LogP contribution in [0.5, 0.6) is 11.6 Å². The predicted octanol–water partition coefficient (Wildman–Crippen LogP) is 3.46. The van der Waals surface area contributed by atoms with Crippen LogP contribution in [0.2, 0.25) is 0 Å². The number of hydrogen-bond donors (Lipinski definition) is 1. The molecule has 2 N–H and O–H groups in total. The van der Waals surface area contributed by atoms with Gasteiger partial charge in [-0.15, -0.1) is 0 Å². The molecule has 0 bridgehead atoms. The molecule has 0 amide bonds. The Bertz CT molecular complexity index is 588. The number of anilines is 1. The summed E-state index contributed by atoms with van der Waals surface area (Å²) in [5, 5.41) is 0. The molecule has 0 aliphatic heterocycles. The van der Waals surface area contributed by atoms with Gasteiger partial charge in [-0.25, -0.2) is 0 Å². The van der Waals surface area contributed by atoms with Gasteiger partial charge >= 0.3 is 0 Å². The molecule has 0 spiro atoms. The van der Waals surface area contributed by atoms with E-state index in [1.807, 2.05) is 13.0 Å². The van der Waals surface area contributed by atoms with Gasteiger partial charge in [-0.05, 0) is 24.0 Å². The van der Waals surface area contributed by atoms with Crippen LogP contribution in [0, 0.1) is 6.92 Å². The van der Waals surface area contributed by atoms with Gasteiger partial charge in [-0.3, -0.25) is 4.98 Å². The van der Waals surface area contributed by atoms with Crippen molar-refractivity contribution < 1.29 is 4.74 Å². The van der Waals surface area contributed by atoms with Crippen LogP contribution < -0.4 is 10.5 Å². The third-order valence-electron chi connectivity index (χ3n) is 2.79. The van der Waals surface area contributed by atoms with Gasteiger partial charge < -0.3 is 10.5 Å². The maximum absolute atomic E-state index is 5.84. The molecule has 0 saturated carbocycles. The SMILES string of the molecule is Cc1ccc(C(C)(C)C)c(Oc2cncc(N)n2)c1.